The van der Waals surface area contributed by atoms with E-state index in [1.165, 1.54) is 0 Å². The molecule has 3 N–H and O–H groups in total. The molecule has 2 fully saturated rings. The molecule has 11 heteroatoms. The number of thiocarbonyl (C=S) groups is 1. The van der Waals surface area contributed by atoms with E-state index < -0.39 is 14.6 Å². The zero-order valence-corrected chi connectivity index (χ0v) is 21.8. The highest BCUT2D eigenvalue weighted by molar-refractivity contribution is 7.92. The summed E-state index contributed by atoms with van der Waals surface area (Å²) in [6, 6.07) is 9.55. The van der Waals surface area contributed by atoms with Gasteiger partial charge in [0.05, 0.1) is 30.7 Å². The number of benzene rings is 1. The second-order valence-electron chi connectivity index (χ2n) is 9.00. The second-order valence-corrected chi connectivity index (χ2v) is 11.8. The number of morpholine rings is 1. The largest absolute Gasteiger partial charge is 0.396 e. The van der Waals surface area contributed by atoms with E-state index in [9.17, 15) is 13.5 Å². The third kappa shape index (κ3) is 5.58. The average molecular weight is 520 g/mol. The standard InChI is InChI=1S/C24H33N5O4S2/c1-3-25-23(34)26-19-7-5-18(6-8-19)22-27-20(24(9-10-24)35(31,32)14-4-12-30)15-21(28-22)29-11-13-33-16-17(29)2/h5-8,15,17,30H,3-4,9-14,16H2,1-2H3,(H2,25,26,34)/t17-/m0/s1. The van der Waals surface area contributed by atoms with Crippen LogP contribution in [0.5, 0.6) is 0 Å². The van der Waals surface area contributed by atoms with Crippen molar-refractivity contribution in [2.24, 2.45) is 0 Å². The molecule has 35 heavy (non-hydrogen) atoms. The summed E-state index contributed by atoms with van der Waals surface area (Å²) < 4.78 is 31.1. The second kappa shape index (κ2) is 10.7. The molecule has 0 unspecified atom stereocenters. The minimum absolute atomic E-state index is 0.0573. The van der Waals surface area contributed by atoms with Crippen molar-refractivity contribution in [3.8, 4) is 11.4 Å². The first-order chi connectivity index (χ1) is 16.8. The smallest absolute Gasteiger partial charge is 0.170 e. The van der Waals surface area contributed by atoms with E-state index in [1.54, 1.807) is 0 Å². The zero-order valence-electron chi connectivity index (χ0n) is 20.2. The molecule has 2 heterocycles. The molecule has 190 valence electrons. The maximum atomic E-state index is 13.2. The fourth-order valence-electron chi connectivity index (χ4n) is 4.34. The van der Waals surface area contributed by atoms with Gasteiger partial charge in [-0.05, 0) is 69.6 Å². The third-order valence-corrected chi connectivity index (χ3v) is 9.33. The number of nitrogens with zero attached hydrogens (tertiary/aromatic N) is 3. The molecule has 2 aromatic rings. The Morgan fingerprint density at radius 1 is 1.29 bits per heavy atom. The van der Waals surface area contributed by atoms with Crippen LogP contribution in [0.15, 0.2) is 30.3 Å². The highest BCUT2D eigenvalue weighted by Gasteiger charge is 2.56. The molecule has 0 amide bonds. The van der Waals surface area contributed by atoms with E-state index in [1.807, 2.05) is 37.3 Å². The Bertz CT molecular complexity index is 1150. The lowest BCUT2D eigenvalue weighted by atomic mass is 10.1. The molecule has 9 nitrogen and oxygen atoms in total. The number of sulfone groups is 1. The SMILES string of the molecule is CCNC(=S)Nc1ccc(-c2nc(N3CCOC[C@@H]3C)cc(C3(S(=O)(=O)CCCO)CC3)n2)cc1. The minimum atomic E-state index is -3.47. The van der Waals surface area contributed by atoms with Gasteiger partial charge >= 0.3 is 0 Å². The lowest BCUT2D eigenvalue weighted by molar-refractivity contribution is 0.0985. The van der Waals surface area contributed by atoms with Gasteiger partial charge in [-0.2, -0.15) is 0 Å². The summed E-state index contributed by atoms with van der Waals surface area (Å²) >= 11 is 5.26. The Labute approximate surface area is 212 Å². The number of hydrogen-bond donors (Lipinski definition) is 3. The van der Waals surface area contributed by atoms with Gasteiger partial charge in [0, 0.05) is 37.0 Å². The highest BCUT2D eigenvalue weighted by Crippen LogP contribution is 2.53. The topological polar surface area (TPSA) is 117 Å². The number of aliphatic hydroxyl groups excluding tert-OH is 1. The van der Waals surface area contributed by atoms with Crippen LogP contribution in [0.3, 0.4) is 0 Å². The predicted octanol–water partition coefficient (Wildman–Crippen LogP) is 2.46. The van der Waals surface area contributed by atoms with Gasteiger partial charge < -0.3 is 25.4 Å². The van der Waals surface area contributed by atoms with Gasteiger partial charge in [-0.15, -0.1) is 0 Å². The van der Waals surface area contributed by atoms with Crippen molar-refractivity contribution in [2.75, 3.05) is 48.9 Å². The Morgan fingerprint density at radius 3 is 2.66 bits per heavy atom. The van der Waals surface area contributed by atoms with Gasteiger partial charge in [0.2, 0.25) is 0 Å². The maximum Gasteiger partial charge on any atom is 0.170 e. The van der Waals surface area contributed by atoms with Crippen molar-refractivity contribution in [3.63, 3.8) is 0 Å². The molecule has 4 rings (SSSR count). The molecule has 1 aromatic heterocycles. The van der Waals surface area contributed by atoms with Crippen LogP contribution in [-0.4, -0.2) is 73.3 Å². The van der Waals surface area contributed by atoms with Gasteiger partial charge in [0.25, 0.3) is 0 Å². The average Bonchev–Trinajstić information content (AvgIpc) is 3.66. The summed E-state index contributed by atoms with van der Waals surface area (Å²) in [7, 11) is -3.47. The third-order valence-electron chi connectivity index (χ3n) is 6.45. The van der Waals surface area contributed by atoms with Crippen LogP contribution in [0.2, 0.25) is 0 Å². The van der Waals surface area contributed by atoms with E-state index in [4.69, 9.17) is 26.9 Å². The van der Waals surface area contributed by atoms with Crippen molar-refractivity contribution in [3.05, 3.63) is 36.0 Å². The number of rotatable bonds is 9. The monoisotopic (exact) mass is 519 g/mol. The molecule has 1 saturated carbocycles. The molecule has 0 radical (unpaired) electrons. The van der Waals surface area contributed by atoms with E-state index in [0.717, 1.165) is 17.8 Å². The number of ether oxygens (including phenoxy) is 1. The summed E-state index contributed by atoms with van der Waals surface area (Å²) in [5.74, 6) is 1.14. The summed E-state index contributed by atoms with van der Waals surface area (Å²) in [6.45, 7) is 6.47. The van der Waals surface area contributed by atoms with Gasteiger partial charge in [0.1, 0.15) is 10.6 Å². The van der Waals surface area contributed by atoms with Crippen LogP contribution in [0, 0.1) is 0 Å². The Hall–Kier alpha value is -2.34. The minimum Gasteiger partial charge on any atom is -0.396 e. The fourth-order valence-corrected chi connectivity index (χ4v) is 6.65. The zero-order chi connectivity index (χ0) is 25.1. The molecule has 2 aliphatic rings. The molecule has 0 bridgehead atoms. The first-order valence-electron chi connectivity index (χ1n) is 12.0. The first kappa shape index (κ1) is 25.7. The Morgan fingerprint density at radius 2 is 2.03 bits per heavy atom. The quantitative estimate of drug-likeness (QED) is 0.427. The van der Waals surface area contributed by atoms with Crippen LogP contribution in [0.25, 0.3) is 11.4 Å². The van der Waals surface area contributed by atoms with E-state index in [-0.39, 0.29) is 24.8 Å². The predicted molar refractivity (Wildman–Crippen MR) is 141 cm³/mol. The molecular formula is C24H33N5O4S2. The van der Waals surface area contributed by atoms with Crippen molar-refractivity contribution >= 4 is 38.7 Å². The lowest BCUT2D eigenvalue weighted by Crippen LogP contribution is -2.44. The van der Waals surface area contributed by atoms with E-state index in [0.29, 0.717) is 55.0 Å². The van der Waals surface area contributed by atoms with Crippen LogP contribution >= 0.6 is 12.2 Å². The molecular weight excluding hydrogens is 486 g/mol. The molecule has 1 atom stereocenters. The first-order valence-corrected chi connectivity index (χ1v) is 14.1. The normalized spacial score (nSPS) is 19.3. The summed E-state index contributed by atoms with van der Waals surface area (Å²) in [4.78, 5) is 11.8. The summed E-state index contributed by atoms with van der Waals surface area (Å²) in [6.07, 6.45) is 1.28. The van der Waals surface area contributed by atoms with Crippen molar-refractivity contribution in [1.82, 2.24) is 15.3 Å². The van der Waals surface area contributed by atoms with Crippen molar-refractivity contribution in [2.45, 2.75) is 43.9 Å². The summed E-state index contributed by atoms with van der Waals surface area (Å²) in [5, 5.41) is 15.9. The van der Waals surface area contributed by atoms with Crippen LogP contribution in [0.4, 0.5) is 11.5 Å². The lowest BCUT2D eigenvalue weighted by Gasteiger charge is -2.34. The van der Waals surface area contributed by atoms with Crippen LogP contribution < -0.4 is 15.5 Å². The number of anilines is 2. The Kier molecular flexibility index (Phi) is 7.89. The molecule has 1 saturated heterocycles. The molecule has 0 spiro atoms. The highest BCUT2D eigenvalue weighted by atomic mass is 32.2. The van der Waals surface area contributed by atoms with E-state index in [2.05, 4.69) is 22.5 Å². The van der Waals surface area contributed by atoms with Crippen LogP contribution in [-0.2, 0) is 19.3 Å². The van der Waals surface area contributed by atoms with Crippen molar-refractivity contribution in [1.29, 1.82) is 0 Å². The maximum absolute atomic E-state index is 13.2. The summed E-state index contributed by atoms with van der Waals surface area (Å²) in [5.41, 5.74) is 2.16. The number of nitrogens with one attached hydrogen (secondary N) is 2. The van der Waals surface area contributed by atoms with Crippen LogP contribution in [0.1, 0.15) is 38.8 Å². The van der Waals surface area contributed by atoms with Gasteiger partial charge in [-0.25, -0.2) is 18.4 Å². The molecule has 1 aromatic carbocycles. The number of hydrogen-bond acceptors (Lipinski definition) is 8. The van der Waals surface area contributed by atoms with Crippen molar-refractivity contribution < 1.29 is 18.3 Å². The van der Waals surface area contributed by atoms with E-state index >= 15 is 0 Å². The van der Waals surface area contributed by atoms with Gasteiger partial charge in [0.15, 0.2) is 20.8 Å². The Balaban J connectivity index is 1.72. The van der Waals surface area contributed by atoms with Gasteiger partial charge in [-0.1, -0.05) is 0 Å². The van der Waals surface area contributed by atoms with Gasteiger partial charge in [-0.3, -0.25) is 0 Å². The number of aromatic nitrogens is 2. The fraction of sp³-hybridized carbons (Fsp3) is 0.542. The number of aliphatic hydroxyl groups is 1. The molecule has 1 aliphatic heterocycles. The molecule has 1 aliphatic carbocycles.